The molecule has 1 atom stereocenters. The van der Waals surface area contributed by atoms with Crippen LogP contribution in [0.2, 0.25) is 0 Å². The zero-order chi connectivity index (χ0) is 12.8. The molecule has 1 aliphatic rings. The Balaban J connectivity index is 1.83. The number of para-hydroxylation sites is 1. The highest BCUT2D eigenvalue weighted by Crippen LogP contribution is 2.16. The van der Waals surface area contributed by atoms with Crippen LogP contribution in [0.15, 0.2) is 30.3 Å². The standard InChI is InChI=1S/C13H18N3O2/c14-13(17)9-15-8-12-10-16(6-7-18-12)11-4-2-1-3-5-11/h1-5,12,14-15H,6-10H2. The number of hydrogen-bond acceptors (Lipinski definition) is 4. The van der Waals surface area contributed by atoms with E-state index in [0.29, 0.717) is 13.2 Å². The van der Waals surface area contributed by atoms with Crippen LogP contribution in [-0.2, 0) is 9.53 Å². The molecule has 1 fully saturated rings. The Labute approximate surface area is 107 Å². The van der Waals surface area contributed by atoms with E-state index in [-0.39, 0.29) is 12.6 Å². The first-order valence-electron chi connectivity index (χ1n) is 6.12. The molecule has 2 rings (SSSR count). The average Bonchev–Trinajstić information content (AvgIpc) is 2.40. The minimum absolute atomic E-state index is 0.0679. The van der Waals surface area contributed by atoms with Gasteiger partial charge in [-0.1, -0.05) is 18.2 Å². The highest BCUT2D eigenvalue weighted by molar-refractivity contribution is 5.75. The molecule has 97 valence electrons. The molecule has 18 heavy (non-hydrogen) atoms. The zero-order valence-electron chi connectivity index (χ0n) is 10.3. The van der Waals surface area contributed by atoms with Crippen LogP contribution in [0.4, 0.5) is 5.69 Å². The van der Waals surface area contributed by atoms with E-state index in [1.54, 1.807) is 0 Å². The second-order valence-electron chi connectivity index (χ2n) is 4.33. The summed E-state index contributed by atoms with van der Waals surface area (Å²) in [5.41, 5.74) is 8.01. The van der Waals surface area contributed by atoms with Crippen molar-refractivity contribution in [2.45, 2.75) is 6.10 Å². The van der Waals surface area contributed by atoms with Crippen molar-refractivity contribution in [3.05, 3.63) is 30.3 Å². The number of carbonyl (C=O) groups is 1. The van der Waals surface area contributed by atoms with Gasteiger partial charge in [0.15, 0.2) is 0 Å². The summed E-state index contributed by atoms with van der Waals surface area (Å²) in [6, 6.07) is 10.2. The highest BCUT2D eigenvalue weighted by Gasteiger charge is 2.20. The smallest absolute Gasteiger partial charge is 0.252 e. The number of carbonyl (C=O) groups excluding carboxylic acids is 1. The normalized spacial score (nSPS) is 19.8. The first-order chi connectivity index (χ1) is 8.75. The lowest BCUT2D eigenvalue weighted by atomic mass is 10.2. The maximum absolute atomic E-state index is 10.5. The van der Waals surface area contributed by atoms with Crippen molar-refractivity contribution in [1.82, 2.24) is 11.1 Å². The number of ether oxygens (including phenoxy) is 1. The molecule has 0 aromatic heterocycles. The van der Waals surface area contributed by atoms with Gasteiger partial charge in [0.05, 0.1) is 19.3 Å². The number of morpholine rings is 1. The lowest BCUT2D eigenvalue weighted by Crippen LogP contribution is -2.47. The average molecular weight is 248 g/mol. The Bertz CT molecular complexity index is 383. The van der Waals surface area contributed by atoms with Gasteiger partial charge in [-0.15, -0.1) is 0 Å². The molecular weight excluding hydrogens is 230 g/mol. The van der Waals surface area contributed by atoms with Crippen molar-refractivity contribution in [2.24, 2.45) is 0 Å². The number of nitrogens with one attached hydrogen (secondary N) is 2. The third-order valence-electron chi connectivity index (χ3n) is 2.92. The molecule has 2 N–H and O–H groups in total. The summed E-state index contributed by atoms with van der Waals surface area (Å²) in [6.45, 7) is 3.08. The maximum Gasteiger partial charge on any atom is 0.252 e. The minimum Gasteiger partial charge on any atom is -0.373 e. The van der Waals surface area contributed by atoms with Crippen LogP contribution in [-0.4, -0.2) is 44.8 Å². The molecule has 1 heterocycles. The van der Waals surface area contributed by atoms with Gasteiger partial charge in [-0.25, -0.2) is 0 Å². The highest BCUT2D eigenvalue weighted by atomic mass is 16.5. The predicted molar refractivity (Wildman–Crippen MR) is 69.4 cm³/mol. The fourth-order valence-electron chi connectivity index (χ4n) is 2.06. The van der Waals surface area contributed by atoms with Crippen LogP contribution < -0.4 is 16.0 Å². The molecule has 0 spiro atoms. The van der Waals surface area contributed by atoms with Gasteiger partial charge in [-0.05, 0) is 12.1 Å². The number of amides is 1. The van der Waals surface area contributed by atoms with Gasteiger partial charge in [-0.2, -0.15) is 0 Å². The van der Waals surface area contributed by atoms with Crippen LogP contribution in [0.3, 0.4) is 0 Å². The Morgan fingerprint density at radius 2 is 2.22 bits per heavy atom. The molecule has 1 saturated heterocycles. The van der Waals surface area contributed by atoms with E-state index in [0.717, 1.165) is 13.1 Å². The summed E-state index contributed by atoms with van der Waals surface area (Å²) >= 11 is 0. The molecular formula is C13H18N3O2. The zero-order valence-corrected chi connectivity index (χ0v) is 10.3. The van der Waals surface area contributed by atoms with Gasteiger partial charge in [0.25, 0.3) is 5.91 Å². The fourth-order valence-corrected chi connectivity index (χ4v) is 2.06. The van der Waals surface area contributed by atoms with Gasteiger partial charge < -0.3 is 15.0 Å². The molecule has 1 amide bonds. The molecule has 1 unspecified atom stereocenters. The van der Waals surface area contributed by atoms with Crippen LogP contribution >= 0.6 is 0 Å². The van der Waals surface area contributed by atoms with Crippen molar-refractivity contribution in [3.8, 4) is 0 Å². The summed E-state index contributed by atoms with van der Waals surface area (Å²) in [6.07, 6.45) is 0.0679. The molecule has 1 radical (unpaired) electrons. The van der Waals surface area contributed by atoms with Crippen molar-refractivity contribution < 1.29 is 9.53 Å². The van der Waals surface area contributed by atoms with Crippen LogP contribution in [0.5, 0.6) is 0 Å². The molecule has 1 aliphatic heterocycles. The van der Waals surface area contributed by atoms with E-state index in [1.165, 1.54) is 5.69 Å². The number of hydrogen-bond donors (Lipinski definition) is 1. The van der Waals surface area contributed by atoms with Crippen LogP contribution in [0.25, 0.3) is 0 Å². The second kappa shape index (κ2) is 6.37. The fraction of sp³-hybridized carbons (Fsp3) is 0.462. The van der Waals surface area contributed by atoms with Gasteiger partial charge >= 0.3 is 0 Å². The Morgan fingerprint density at radius 1 is 1.44 bits per heavy atom. The molecule has 5 nitrogen and oxygen atoms in total. The monoisotopic (exact) mass is 248 g/mol. The largest absolute Gasteiger partial charge is 0.373 e. The molecule has 1 aromatic carbocycles. The van der Waals surface area contributed by atoms with Gasteiger partial charge in [0.2, 0.25) is 0 Å². The van der Waals surface area contributed by atoms with E-state index < -0.39 is 5.91 Å². The first-order valence-corrected chi connectivity index (χ1v) is 6.12. The molecule has 0 bridgehead atoms. The van der Waals surface area contributed by atoms with Gasteiger partial charge in [-0.3, -0.25) is 10.5 Å². The van der Waals surface area contributed by atoms with Crippen molar-refractivity contribution in [3.63, 3.8) is 0 Å². The summed E-state index contributed by atoms with van der Waals surface area (Å²) < 4.78 is 5.63. The Kier molecular flexibility index (Phi) is 4.55. The minimum atomic E-state index is -0.592. The quantitative estimate of drug-likeness (QED) is 0.813. The topological polar surface area (TPSA) is 65.4 Å². The third-order valence-corrected chi connectivity index (χ3v) is 2.92. The first kappa shape index (κ1) is 12.9. The molecule has 5 heteroatoms. The lowest BCUT2D eigenvalue weighted by Gasteiger charge is -2.34. The van der Waals surface area contributed by atoms with Crippen LogP contribution in [0.1, 0.15) is 0 Å². The van der Waals surface area contributed by atoms with Gasteiger partial charge in [0.1, 0.15) is 0 Å². The van der Waals surface area contributed by atoms with Crippen molar-refractivity contribution >= 4 is 11.6 Å². The van der Waals surface area contributed by atoms with Crippen molar-refractivity contribution in [1.29, 1.82) is 0 Å². The summed E-state index contributed by atoms with van der Waals surface area (Å²) in [5, 5.41) is 2.94. The Morgan fingerprint density at radius 3 is 2.94 bits per heavy atom. The van der Waals surface area contributed by atoms with E-state index in [2.05, 4.69) is 22.3 Å². The third kappa shape index (κ3) is 3.72. The number of nitrogens with zero attached hydrogens (tertiary/aromatic N) is 1. The number of rotatable bonds is 5. The van der Waals surface area contributed by atoms with E-state index >= 15 is 0 Å². The van der Waals surface area contributed by atoms with E-state index in [4.69, 9.17) is 10.5 Å². The molecule has 0 aliphatic carbocycles. The van der Waals surface area contributed by atoms with Gasteiger partial charge in [0, 0.05) is 25.3 Å². The predicted octanol–water partition coefficient (Wildman–Crippen LogP) is 0.291. The maximum atomic E-state index is 10.5. The number of anilines is 1. The van der Waals surface area contributed by atoms with Crippen LogP contribution in [0, 0.1) is 0 Å². The molecule has 1 aromatic rings. The lowest BCUT2D eigenvalue weighted by molar-refractivity contribution is -0.117. The summed E-state index contributed by atoms with van der Waals surface area (Å²) in [4.78, 5) is 12.8. The SMILES string of the molecule is [NH]C(=O)CNCC1CN(c2ccccc2)CCO1. The van der Waals surface area contributed by atoms with E-state index in [9.17, 15) is 4.79 Å². The van der Waals surface area contributed by atoms with Crippen molar-refractivity contribution in [2.75, 3.05) is 37.7 Å². The van der Waals surface area contributed by atoms with E-state index in [1.807, 2.05) is 18.2 Å². The second-order valence-corrected chi connectivity index (χ2v) is 4.33. The summed E-state index contributed by atoms with van der Waals surface area (Å²) in [5.74, 6) is -0.592. The summed E-state index contributed by atoms with van der Waals surface area (Å²) in [7, 11) is 0. The Hall–Kier alpha value is -1.59. The molecule has 0 saturated carbocycles. The number of benzene rings is 1.